The summed E-state index contributed by atoms with van der Waals surface area (Å²) in [5.74, 6) is 0.235. The maximum absolute atomic E-state index is 13.0. The second-order valence-electron chi connectivity index (χ2n) is 8.98. The van der Waals surface area contributed by atoms with E-state index in [0.717, 1.165) is 42.6 Å². The summed E-state index contributed by atoms with van der Waals surface area (Å²) in [7, 11) is 0. The van der Waals surface area contributed by atoms with Gasteiger partial charge in [0.1, 0.15) is 5.65 Å². The molecule has 4 N–H and O–H groups in total. The molecule has 0 spiro atoms. The van der Waals surface area contributed by atoms with E-state index in [1.54, 1.807) is 0 Å². The van der Waals surface area contributed by atoms with E-state index in [1.807, 2.05) is 35.4 Å². The minimum absolute atomic E-state index is 0.108. The van der Waals surface area contributed by atoms with Crippen molar-refractivity contribution in [3.8, 4) is 0 Å². The Morgan fingerprint density at radius 2 is 1.88 bits per heavy atom. The summed E-state index contributed by atoms with van der Waals surface area (Å²) in [5.41, 5.74) is 8.68. The van der Waals surface area contributed by atoms with E-state index in [-0.39, 0.29) is 17.4 Å². The fourth-order valence-corrected chi connectivity index (χ4v) is 5.10. The fraction of sp³-hybridized carbons (Fsp3) is 0.458. The fourth-order valence-electron chi connectivity index (χ4n) is 5.10. The molecule has 2 saturated heterocycles. The van der Waals surface area contributed by atoms with Gasteiger partial charge in [-0.2, -0.15) is 4.98 Å². The molecule has 1 aromatic carbocycles. The standard InChI is InChI=1S/C24H30N6O2/c25-24-27-21-20(22(31)28-24)18(14-26-21)9-6-16-4-7-17(8-5-16)23(32)30-13-10-19(15-30)29-11-2-1-3-12-29/h4-5,7-8,14,19H,1-3,6,9-13,15H2,(H4,25,26,27,28,31)/t19-/m0/s1. The number of nitrogens with one attached hydrogen (secondary N) is 2. The Hall–Kier alpha value is -3.13. The number of nitrogens with zero attached hydrogens (tertiary/aromatic N) is 3. The number of carbonyl (C=O) groups excluding carboxylic acids is 1. The zero-order valence-corrected chi connectivity index (χ0v) is 18.3. The van der Waals surface area contributed by atoms with Crippen molar-refractivity contribution in [1.82, 2.24) is 24.8 Å². The van der Waals surface area contributed by atoms with Gasteiger partial charge in [0.15, 0.2) is 0 Å². The van der Waals surface area contributed by atoms with E-state index in [2.05, 4.69) is 19.9 Å². The van der Waals surface area contributed by atoms with Gasteiger partial charge in [-0.05, 0) is 68.5 Å². The van der Waals surface area contributed by atoms with E-state index in [0.29, 0.717) is 23.5 Å². The van der Waals surface area contributed by atoms with Gasteiger partial charge in [0.05, 0.1) is 5.39 Å². The molecule has 2 fully saturated rings. The number of piperidine rings is 1. The lowest BCUT2D eigenvalue weighted by molar-refractivity contribution is 0.0771. The molecule has 1 amide bonds. The maximum Gasteiger partial charge on any atom is 0.262 e. The first-order valence-corrected chi connectivity index (χ1v) is 11.6. The third-order valence-corrected chi connectivity index (χ3v) is 6.88. The number of hydrogen-bond donors (Lipinski definition) is 3. The SMILES string of the molecule is Nc1nc2[nH]cc(CCc3ccc(C(=O)N4CC[C@H](N5CCCCC5)C4)cc3)c2c(=O)[nH]1. The number of likely N-dealkylation sites (tertiary alicyclic amines) is 2. The molecule has 0 unspecified atom stereocenters. The highest BCUT2D eigenvalue weighted by Crippen LogP contribution is 2.22. The number of benzene rings is 1. The lowest BCUT2D eigenvalue weighted by Crippen LogP contribution is -2.41. The molecule has 168 valence electrons. The Labute approximate surface area is 186 Å². The molecule has 0 aliphatic carbocycles. The summed E-state index contributed by atoms with van der Waals surface area (Å²) in [6, 6.07) is 8.40. The van der Waals surface area contributed by atoms with Crippen LogP contribution in [0, 0.1) is 0 Å². The van der Waals surface area contributed by atoms with E-state index in [9.17, 15) is 9.59 Å². The predicted octanol–water partition coefficient (Wildman–Crippen LogP) is 2.32. The Morgan fingerprint density at radius 1 is 1.09 bits per heavy atom. The van der Waals surface area contributed by atoms with Crippen LogP contribution in [0.4, 0.5) is 5.95 Å². The van der Waals surface area contributed by atoms with Crippen LogP contribution in [0.1, 0.15) is 47.2 Å². The molecule has 4 heterocycles. The summed E-state index contributed by atoms with van der Waals surface area (Å²) >= 11 is 0. The predicted molar refractivity (Wildman–Crippen MR) is 125 cm³/mol. The highest BCUT2D eigenvalue weighted by atomic mass is 16.2. The summed E-state index contributed by atoms with van der Waals surface area (Å²) < 4.78 is 0. The summed E-state index contributed by atoms with van der Waals surface area (Å²) in [4.78, 5) is 39.5. The summed E-state index contributed by atoms with van der Waals surface area (Å²) in [6.45, 7) is 4.03. The molecule has 5 rings (SSSR count). The van der Waals surface area contributed by atoms with E-state index in [4.69, 9.17) is 5.73 Å². The number of carbonyl (C=O) groups is 1. The van der Waals surface area contributed by atoms with Gasteiger partial charge in [-0.3, -0.25) is 19.5 Å². The van der Waals surface area contributed by atoms with Crippen molar-refractivity contribution in [2.24, 2.45) is 0 Å². The first-order valence-electron chi connectivity index (χ1n) is 11.6. The number of fused-ring (bicyclic) bond motifs is 1. The number of aromatic nitrogens is 3. The number of nitrogens with two attached hydrogens (primary N) is 1. The number of hydrogen-bond acceptors (Lipinski definition) is 5. The number of H-pyrrole nitrogens is 2. The average molecular weight is 435 g/mol. The van der Waals surface area contributed by atoms with Crippen LogP contribution in [-0.4, -0.2) is 62.9 Å². The molecular weight excluding hydrogens is 404 g/mol. The largest absolute Gasteiger partial charge is 0.369 e. The average Bonchev–Trinajstić information content (AvgIpc) is 3.46. The normalized spacial score (nSPS) is 19.6. The van der Waals surface area contributed by atoms with Crippen LogP contribution < -0.4 is 11.3 Å². The van der Waals surface area contributed by atoms with Crippen LogP contribution in [0.25, 0.3) is 11.0 Å². The summed E-state index contributed by atoms with van der Waals surface area (Å²) in [6.07, 6.45) is 8.26. The van der Waals surface area contributed by atoms with Gasteiger partial charge in [-0.25, -0.2) is 0 Å². The van der Waals surface area contributed by atoms with Gasteiger partial charge in [0.25, 0.3) is 11.5 Å². The topological polar surface area (TPSA) is 111 Å². The highest BCUT2D eigenvalue weighted by molar-refractivity contribution is 5.94. The number of anilines is 1. The van der Waals surface area contributed by atoms with Crippen LogP contribution in [0.15, 0.2) is 35.3 Å². The molecule has 8 nitrogen and oxygen atoms in total. The molecule has 0 bridgehead atoms. The Morgan fingerprint density at radius 3 is 2.66 bits per heavy atom. The van der Waals surface area contributed by atoms with E-state index < -0.39 is 0 Å². The Bertz CT molecular complexity index is 1160. The van der Waals surface area contributed by atoms with Gasteiger partial charge in [-0.1, -0.05) is 18.6 Å². The number of rotatable bonds is 5. The highest BCUT2D eigenvalue weighted by Gasteiger charge is 2.31. The van der Waals surface area contributed by atoms with Crippen LogP contribution in [-0.2, 0) is 12.8 Å². The quantitative estimate of drug-likeness (QED) is 0.571. The third-order valence-electron chi connectivity index (χ3n) is 6.88. The molecule has 8 heteroatoms. The van der Waals surface area contributed by atoms with Crippen molar-refractivity contribution < 1.29 is 4.79 Å². The third kappa shape index (κ3) is 4.14. The molecule has 1 atom stereocenters. The molecule has 3 aromatic rings. The zero-order chi connectivity index (χ0) is 22.1. The van der Waals surface area contributed by atoms with Gasteiger partial charge in [0, 0.05) is 30.9 Å². The van der Waals surface area contributed by atoms with Gasteiger partial charge < -0.3 is 15.6 Å². The Balaban J connectivity index is 1.20. The van der Waals surface area contributed by atoms with Crippen LogP contribution in [0.5, 0.6) is 0 Å². The summed E-state index contributed by atoms with van der Waals surface area (Å²) in [5, 5.41) is 0.559. The van der Waals surface area contributed by atoms with Crippen molar-refractivity contribution in [2.75, 3.05) is 31.9 Å². The monoisotopic (exact) mass is 434 g/mol. The van der Waals surface area contributed by atoms with Crippen molar-refractivity contribution in [1.29, 1.82) is 0 Å². The van der Waals surface area contributed by atoms with Crippen molar-refractivity contribution >= 4 is 22.9 Å². The zero-order valence-electron chi connectivity index (χ0n) is 18.3. The van der Waals surface area contributed by atoms with Gasteiger partial charge >= 0.3 is 0 Å². The molecule has 2 aliphatic rings. The van der Waals surface area contributed by atoms with Crippen LogP contribution >= 0.6 is 0 Å². The number of aromatic amines is 2. The second-order valence-corrected chi connectivity index (χ2v) is 8.98. The van der Waals surface area contributed by atoms with Gasteiger partial charge in [0.2, 0.25) is 5.95 Å². The van der Waals surface area contributed by atoms with Crippen molar-refractivity contribution in [2.45, 2.75) is 44.6 Å². The maximum atomic E-state index is 13.0. The van der Waals surface area contributed by atoms with E-state index in [1.165, 1.54) is 32.4 Å². The van der Waals surface area contributed by atoms with Crippen LogP contribution in [0.2, 0.25) is 0 Å². The smallest absolute Gasteiger partial charge is 0.262 e. The molecule has 2 aromatic heterocycles. The molecule has 32 heavy (non-hydrogen) atoms. The molecule has 0 saturated carbocycles. The first kappa shape index (κ1) is 20.8. The number of amides is 1. The van der Waals surface area contributed by atoms with Gasteiger partial charge in [-0.15, -0.1) is 0 Å². The van der Waals surface area contributed by atoms with E-state index >= 15 is 0 Å². The molecular formula is C24H30N6O2. The van der Waals surface area contributed by atoms with Crippen LogP contribution in [0.3, 0.4) is 0 Å². The first-order chi connectivity index (χ1) is 15.6. The van der Waals surface area contributed by atoms with Crippen molar-refractivity contribution in [3.05, 3.63) is 57.5 Å². The minimum Gasteiger partial charge on any atom is -0.369 e. The number of aryl methyl sites for hydroxylation is 2. The molecule has 0 radical (unpaired) electrons. The van der Waals surface area contributed by atoms with Crippen molar-refractivity contribution in [3.63, 3.8) is 0 Å². The lowest BCUT2D eigenvalue weighted by atomic mass is 10.0. The lowest BCUT2D eigenvalue weighted by Gasteiger charge is -2.32. The minimum atomic E-state index is -0.224. The molecule has 2 aliphatic heterocycles. The number of nitrogen functional groups attached to an aromatic ring is 1. The second kappa shape index (κ2) is 8.78. The Kier molecular flexibility index (Phi) is 5.70.